The van der Waals surface area contributed by atoms with Crippen LogP contribution in [0.15, 0.2) is 18.3 Å². The van der Waals surface area contributed by atoms with Crippen LogP contribution in [0.1, 0.15) is 37.4 Å². The summed E-state index contributed by atoms with van der Waals surface area (Å²) >= 11 is 6.87. The molecule has 2 aliphatic rings. The highest BCUT2D eigenvalue weighted by atomic mass is 35.5. The number of aromatic nitrogens is 4. The minimum absolute atomic E-state index is 0.0461. The summed E-state index contributed by atoms with van der Waals surface area (Å²) in [5.41, 5.74) is 1.40. The van der Waals surface area contributed by atoms with Crippen molar-refractivity contribution in [1.82, 2.24) is 24.9 Å². The third kappa shape index (κ3) is 7.56. The zero-order valence-corrected chi connectivity index (χ0v) is 26.0. The summed E-state index contributed by atoms with van der Waals surface area (Å²) in [4.78, 5) is 53.4. The van der Waals surface area contributed by atoms with Gasteiger partial charge in [0.15, 0.2) is 23.3 Å². The van der Waals surface area contributed by atoms with Crippen LogP contribution in [0.3, 0.4) is 0 Å². The van der Waals surface area contributed by atoms with Crippen LogP contribution in [0.5, 0.6) is 0 Å². The minimum atomic E-state index is -5.00. The zero-order chi connectivity index (χ0) is 33.2. The van der Waals surface area contributed by atoms with E-state index in [0.717, 1.165) is 19.8 Å². The first-order valence-corrected chi connectivity index (χ1v) is 15.8. The lowest BCUT2D eigenvalue weighted by molar-refractivity contribution is -0.159. The van der Waals surface area contributed by atoms with Crippen molar-refractivity contribution in [3.05, 3.63) is 34.6 Å². The molecule has 46 heavy (non-hydrogen) atoms. The molecule has 1 aliphatic heterocycles. The van der Waals surface area contributed by atoms with Gasteiger partial charge < -0.3 is 40.1 Å². The van der Waals surface area contributed by atoms with Gasteiger partial charge in [0.2, 0.25) is 5.95 Å². The number of amides is 1. The predicted molar refractivity (Wildman–Crippen MR) is 160 cm³/mol. The van der Waals surface area contributed by atoms with Crippen molar-refractivity contribution in [1.29, 1.82) is 10.5 Å². The van der Waals surface area contributed by atoms with Gasteiger partial charge in [0, 0.05) is 12.6 Å². The summed E-state index contributed by atoms with van der Waals surface area (Å²) in [6.45, 7) is 1.35. The number of nitriles is 2. The topological polar surface area (TPSA) is 249 Å². The number of halogens is 1. The van der Waals surface area contributed by atoms with Gasteiger partial charge in [0.05, 0.1) is 53.9 Å². The fraction of sp³-hybridized carbons (Fsp3) is 0.423. The number of alkyl carbamates (subject to hydrolysis) is 1. The molecule has 5 N–H and O–H groups in total. The van der Waals surface area contributed by atoms with Crippen molar-refractivity contribution in [2.45, 2.75) is 50.5 Å². The molecule has 242 valence electrons. The molecule has 1 saturated heterocycles. The molecule has 3 heterocycles. The highest BCUT2D eigenvalue weighted by Crippen LogP contribution is 2.39. The van der Waals surface area contributed by atoms with E-state index < -0.39 is 38.1 Å². The molecule has 1 amide bonds. The number of hydrogen-bond donors (Lipinski definition) is 5. The van der Waals surface area contributed by atoms with Crippen molar-refractivity contribution < 1.29 is 37.9 Å². The summed E-state index contributed by atoms with van der Waals surface area (Å²) < 4.78 is 27.2. The Bertz CT molecular complexity index is 1800. The number of carbonyl (C=O) groups excluding carboxylic acids is 2. The van der Waals surface area contributed by atoms with Crippen LogP contribution in [0.25, 0.3) is 5.65 Å². The van der Waals surface area contributed by atoms with E-state index in [1.165, 1.54) is 30.0 Å². The SMILES string of the molecule is COC(=O)NC1CCN(c2cc(C#N)cc(Nc3nc(NC4CC4)c4ncc(C#N)n4n3)c2Cl)CC1OC(=O)C(C)OP(=O)(O)O. The largest absolute Gasteiger partial charge is 0.470 e. The van der Waals surface area contributed by atoms with Crippen LogP contribution < -0.4 is 20.9 Å². The van der Waals surface area contributed by atoms with E-state index >= 15 is 0 Å². The quantitative estimate of drug-likeness (QED) is 0.153. The van der Waals surface area contributed by atoms with Gasteiger partial charge in [-0.15, -0.1) is 5.10 Å². The van der Waals surface area contributed by atoms with Crippen molar-refractivity contribution in [3.63, 3.8) is 0 Å². The summed E-state index contributed by atoms with van der Waals surface area (Å²) in [6.07, 6.45) is 0.0844. The lowest BCUT2D eigenvalue weighted by Crippen LogP contribution is -2.56. The number of phosphoric acid groups is 1. The van der Waals surface area contributed by atoms with Gasteiger partial charge in [0.1, 0.15) is 12.2 Å². The number of methoxy groups -OCH3 is 1. The second-order valence-corrected chi connectivity index (χ2v) is 12.0. The second kappa shape index (κ2) is 13.3. The molecule has 20 heteroatoms. The smallest absolute Gasteiger partial charge is 0.456 e. The maximum atomic E-state index is 12.7. The number of ether oxygens (including phenoxy) is 2. The number of phosphoric ester groups is 1. The summed E-state index contributed by atoms with van der Waals surface area (Å²) in [6, 6.07) is 6.63. The number of benzene rings is 1. The Balaban J connectivity index is 1.44. The molecule has 3 atom stereocenters. The molecule has 1 saturated carbocycles. The molecule has 2 fully saturated rings. The normalized spacial score (nSPS) is 18.6. The second-order valence-electron chi connectivity index (χ2n) is 10.5. The number of fused-ring (bicyclic) bond motifs is 1. The summed E-state index contributed by atoms with van der Waals surface area (Å²) in [5.74, 6) is -0.596. The van der Waals surface area contributed by atoms with Crippen LogP contribution in [-0.4, -0.2) is 85.9 Å². The molecular formula is C26H28ClN10O8P. The van der Waals surface area contributed by atoms with Gasteiger partial charge in [0.25, 0.3) is 0 Å². The van der Waals surface area contributed by atoms with Gasteiger partial charge in [-0.1, -0.05) is 11.6 Å². The molecule has 0 spiro atoms. The number of carbonyl (C=O) groups is 2. The van der Waals surface area contributed by atoms with Crippen molar-refractivity contribution in [2.75, 3.05) is 35.7 Å². The first-order chi connectivity index (χ1) is 21.9. The molecule has 0 radical (unpaired) electrons. The molecule has 18 nitrogen and oxygen atoms in total. The third-order valence-corrected chi connectivity index (χ3v) is 8.10. The molecule has 0 bridgehead atoms. The lowest BCUT2D eigenvalue weighted by Gasteiger charge is -2.40. The van der Waals surface area contributed by atoms with E-state index in [1.807, 2.05) is 6.07 Å². The third-order valence-electron chi connectivity index (χ3n) is 7.11. The number of imidazole rings is 1. The van der Waals surface area contributed by atoms with Crippen molar-refractivity contribution in [2.24, 2.45) is 0 Å². The maximum Gasteiger partial charge on any atom is 0.470 e. The van der Waals surface area contributed by atoms with Crippen LogP contribution in [0.2, 0.25) is 5.02 Å². The number of hydrogen-bond acceptors (Lipinski definition) is 14. The first-order valence-electron chi connectivity index (χ1n) is 13.9. The minimum Gasteiger partial charge on any atom is -0.456 e. The van der Waals surface area contributed by atoms with E-state index in [4.69, 9.17) is 26.1 Å². The van der Waals surface area contributed by atoms with E-state index in [0.29, 0.717) is 17.2 Å². The number of nitrogens with zero attached hydrogens (tertiary/aromatic N) is 7. The van der Waals surface area contributed by atoms with Crippen LogP contribution in [0.4, 0.5) is 27.9 Å². The molecular weight excluding hydrogens is 647 g/mol. The highest BCUT2D eigenvalue weighted by Gasteiger charge is 2.37. The zero-order valence-electron chi connectivity index (χ0n) is 24.4. The Morgan fingerprint density at radius 1 is 1.22 bits per heavy atom. The van der Waals surface area contributed by atoms with Crippen LogP contribution >= 0.6 is 19.4 Å². The number of esters is 1. The lowest BCUT2D eigenvalue weighted by atomic mass is 10.0. The average Bonchev–Trinajstić information content (AvgIpc) is 3.73. The summed E-state index contributed by atoms with van der Waals surface area (Å²) in [7, 11) is -3.83. The number of rotatable bonds is 10. The predicted octanol–water partition coefficient (Wildman–Crippen LogP) is 2.18. The first kappa shape index (κ1) is 32.7. The summed E-state index contributed by atoms with van der Waals surface area (Å²) in [5, 5.41) is 32.8. The number of anilines is 4. The fourth-order valence-corrected chi connectivity index (χ4v) is 5.54. The monoisotopic (exact) mass is 674 g/mol. The van der Waals surface area contributed by atoms with Gasteiger partial charge in [-0.05, 0) is 38.3 Å². The Labute approximate surface area is 266 Å². The molecule has 1 aromatic carbocycles. The van der Waals surface area contributed by atoms with Gasteiger partial charge in [-0.3, -0.25) is 4.52 Å². The fourth-order valence-electron chi connectivity index (χ4n) is 4.77. The Kier molecular flexibility index (Phi) is 9.47. The van der Waals surface area contributed by atoms with Gasteiger partial charge in [-0.25, -0.2) is 19.1 Å². The van der Waals surface area contributed by atoms with Crippen LogP contribution in [0, 0.1) is 22.7 Å². The molecule has 2 aromatic heterocycles. The van der Waals surface area contributed by atoms with E-state index in [2.05, 4.69) is 46.3 Å². The Hall–Kier alpha value is -4.71. The average molecular weight is 675 g/mol. The maximum absolute atomic E-state index is 12.7. The van der Waals surface area contributed by atoms with Gasteiger partial charge >= 0.3 is 19.9 Å². The van der Waals surface area contributed by atoms with E-state index in [1.54, 1.807) is 4.90 Å². The molecule has 1 aliphatic carbocycles. The van der Waals surface area contributed by atoms with Crippen molar-refractivity contribution in [3.8, 4) is 12.1 Å². The number of piperidine rings is 1. The Morgan fingerprint density at radius 2 is 1.98 bits per heavy atom. The van der Waals surface area contributed by atoms with Crippen LogP contribution in [-0.2, 0) is 23.4 Å². The van der Waals surface area contributed by atoms with E-state index in [-0.39, 0.29) is 53.5 Å². The van der Waals surface area contributed by atoms with Crippen molar-refractivity contribution >= 4 is 60.3 Å². The standard InChI is InChI=1S/C26H28ClN10O8P/c1-13(45-46(40,41)42)24(38)44-20-12-36(6-5-17(20)33-26(39)43-2)19-8-14(9-28)7-18(21(19)27)32-25-34-22(31-15-3-4-15)23-30-11-16(10-29)37(23)35-25/h7-8,11,13,15,17,20H,3-6,12H2,1-2H3,(H,33,39)(H2,40,41,42)(H2,31,32,34,35). The Morgan fingerprint density at radius 3 is 2.63 bits per heavy atom. The number of nitrogens with one attached hydrogen (secondary N) is 3. The van der Waals surface area contributed by atoms with Gasteiger partial charge in [-0.2, -0.15) is 20.0 Å². The highest BCUT2D eigenvalue weighted by molar-refractivity contribution is 7.46. The molecule has 3 aromatic rings. The molecule has 5 rings (SSSR count). The molecule has 3 unspecified atom stereocenters. The van der Waals surface area contributed by atoms with E-state index in [9.17, 15) is 24.7 Å².